The number of hydrogen-bond donors (Lipinski definition) is 1. The largest absolute Gasteiger partial charge is 0.365 e. The van der Waals surface area contributed by atoms with E-state index >= 15 is 0 Å². The van der Waals surface area contributed by atoms with Crippen molar-refractivity contribution < 1.29 is 0 Å². The molecule has 0 fully saturated rings. The summed E-state index contributed by atoms with van der Waals surface area (Å²) in [6, 6.07) is 13.3. The van der Waals surface area contributed by atoms with Gasteiger partial charge in [-0.3, -0.25) is 0 Å². The summed E-state index contributed by atoms with van der Waals surface area (Å²) in [5, 5.41) is 0. The van der Waals surface area contributed by atoms with Crippen molar-refractivity contribution in [1.82, 2.24) is 0 Å². The Morgan fingerprint density at radius 1 is 1.26 bits per heavy atom. The van der Waals surface area contributed by atoms with Crippen LogP contribution in [0.15, 0.2) is 36.4 Å². The quantitative estimate of drug-likeness (QED) is 0.899. The maximum Gasteiger partial charge on any atom is 0.0753 e. The number of thiophene rings is 1. The Labute approximate surface area is 119 Å². The van der Waals surface area contributed by atoms with Gasteiger partial charge in [-0.1, -0.05) is 19.1 Å². The average molecular weight is 274 g/mol. The van der Waals surface area contributed by atoms with E-state index in [0.717, 1.165) is 6.42 Å². The lowest BCUT2D eigenvalue weighted by atomic mass is 10.1. The Morgan fingerprint density at radius 3 is 2.63 bits per heavy atom. The Kier molecular flexibility index (Phi) is 4.61. The van der Waals surface area contributed by atoms with Crippen molar-refractivity contribution in [2.24, 2.45) is 5.73 Å². The molecule has 2 aromatic rings. The van der Waals surface area contributed by atoms with Crippen LogP contribution < -0.4 is 10.6 Å². The summed E-state index contributed by atoms with van der Waals surface area (Å²) in [5.41, 5.74) is 8.50. The first-order valence-electron chi connectivity index (χ1n) is 6.74. The van der Waals surface area contributed by atoms with Gasteiger partial charge in [-0.05, 0) is 43.2 Å². The molecule has 102 valence electrons. The third-order valence-electron chi connectivity index (χ3n) is 3.46. The molecule has 1 heterocycles. The highest BCUT2D eigenvalue weighted by Crippen LogP contribution is 2.30. The van der Waals surface area contributed by atoms with Crippen LogP contribution >= 0.6 is 11.3 Å². The van der Waals surface area contributed by atoms with Crippen molar-refractivity contribution in [1.29, 1.82) is 0 Å². The Bertz CT molecular complexity index is 533. The lowest BCUT2D eigenvalue weighted by Crippen LogP contribution is -2.29. The summed E-state index contributed by atoms with van der Waals surface area (Å²) < 4.78 is 0. The fourth-order valence-corrected chi connectivity index (χ4v) is 3.37. The second-order valence-corrected chi connectivity index (χ2v) is 6.06. The van der Waals surface area contributed by atoms with Crippen molar-refractivity contribution in [3.63, 3.8) is 0 Å². The third kappa shape index (κ3) is 3.17. The van der Waals surface area contributed by atoms with Crippen LogP contribution in [0.25, 0.3) is 0 Å². The van der Waals surface area contributed by atoms with Crippen LogP contribution in [0.3, 0.4) is 0 Å². The van der Waals surface area contributed by atoms with Gasteiger partial charge in [-0.25, -0.2) is 0 Å². The highest BCUT2D eigenvalue weighted by atomic mass is 32.1. The van der Waals surface area contributed by atoms with Crippen LogP contribution in [0.1, 0.15) is 28.3 Å². The zero-order valence-electron chi connectivity index (χ0n) is 11.9. The molecule has 0 bridgehead atoms. The average Bonchev–Trinajstić information content (AvgIpc) is 2.88. The van der Waals surface area contributed by atoms with Crippen LogP contribution in [0.5, 0.6) is 0 Å². The molecule has 0 amide bonds. The first kappa shape index (κ1) is 14.1. The van der Waals surface area contributed by atoms with E-state index in [4.69, 9.17) is 5.73 Å². The number of hydrogen-bond acceptors (Lipinski definition) is 3. The smallest absolute Gasteiger partial charge is 0.0753 e. The molecule has 3 heteroatoms. The molecule has 0 aliphatic rings. The molecule has 0 saturated heterocycles. The summed E-state index contributed by atoms with van der Waals surface area (Å²) in [6.45, 7) is 4.95. The summed E-state index contributed by atoms with van der Waals surface area (Å²) in [6.07, 6.45) is 1.09. The third-order valence-corrected chi connectivity index (χ3v) is 4.79. The number of likely N-dealkylation sites (N-methyl/N-ethyl adjacent to an activating group) is 1. The minimum absolute atomic E-state index is 0.257. The van der Waals surface area contributed by atoms with E-state index < -0.39 is 0 Å². The predicted molar refractivity (Wildman–Crippen MR) is 85.1 cm³/mol. The Balaban J connectivity index is 2.26. The zero-order chi connectivity index (χ0) is 13.8. The van der Waals surface area contributed by atoms with Crippen molar-refractivity contribution in [3.8, 4) is 0 Å². The van der Waals surface area contributed by atoms with Crippen LogP contribution in [-0.2, 0) is 6.42 Å². The highest BCUT2D eigenvalue weighted by molar-refractivity contribution is 7.12. The Morgan fingerprint density at radius 2 is 2.05 bits per heavy atom. The Hall–Kier alpha value is -1.32. The maximum absolute atomic E-state index is 6.00. The molecule has 2 N–H and O–H groups in total. The number of nitrogens with two attached hydrogens (primary N) is 1. The molecule has 1 aromatic carbocycles. The molecule has 2 rings (SSSR count). The monoisotopic (exact) mass is 274 g/mol. The molecule has 19 heavy (non-hydrogen) atoms. The highest BCUT2D eigenvalue weighted by Gasteiger charge is 2.17. The van der Waals surface area contributed by atoms with Crippen molar-refractivity contribution in [2.45, 2.75) is 26.3 Å². The van der Waals surface area contributed by atoms with Gasteiger partial charge in [0, 0.05) is 29.0 Å². The maximum atomic E-state index is 6.00. The van der Waals surface area contributed by atoms with Gasteiger partial charge in [0.05, 0.1) is 6.04 Å². The molecule has 0 saturated carbocycles. The van der Waals surface area contributed by atoms with Crippen LogP contribution in [0.4, 0.5) is 5.69 Å². The van der Waals surface area contributed by atoms with E-state index in [1.165, 1.54) is 21.0 Å². The fourth-order valence-electron chi connectivity index (χ4n) is 2.26. The number of aryl methyl sites for hydroxylation is 2. The van der Waals surface area contributed by atoms with Gasteiger partial charge in [0.1, 0.15) is 0 Å². The first-order valence-corrected chi connectivity index (χ1v) is 7.55. The molecule has 2 nitrogen and oxygen atoms in total. The molecule has 1 unspecified atom stereocenters. The summed E-state index contributed by atoms with van der Waals surface area (Å²) in [7, 11) is 2.12. The molecular weight excluding hydrogens is 252 g/mol. The van der Waals surface area contributed by atoms with Crippen molar-refractivity contribution >= 4 is 17.0 Å². The lowest BCUT2D eigenvalue weighted by Gasteiger charge is -2.28. The summed E-state index contributed by atoms with van der Waals surface area (Å²) in [5.74, 6) is 0. The second-order valence-electron chi connectivity index (χ2n) is 4.86. The fraction of sp³-hybridized carbons (Fsp3) is 0.375. The number of nitrogens with zero attached hydrogens (tertiary/aromatic N) is 1. The van der Waals surface area contributed by atoms with Crippen LogP contribution in [-0.4, -0.2) is 13.6 Å². The van der Waals surface area contributed by atoms with Gasteiger partial charge < -0.3 is 10.6 Å². The van der Waals surface area contributed by atoms with Gasteiger partial charge in [0.25, 0.3) is 0 Å². The molecule has 0 aliphatic carbocycles. The minimum Gasteiger partial charge on any atom is -0.365 e. The summed E-state index contributed by atoms with van der Waals surface area (Å²) >= 11 is 1.87. The molecule has 1 aromatic heterocycles. The molecule has 0 aliphatic heterocycles. The van der Waals surface area contributed by atoms with Crippen LogP contribution in [0, 0.1) is 6.92 Å². The van der Waals surface area contributed by atoms with Crippen LogP contribution in [0.2, 0.25) is 0 Å². The van der Waals surface area contributed by atoms with E-state index in [0.29, 0.717) is 6.54 Å². The standard InChI is InChI=1S/C16H22N2S/c1-4-14-8-9-16(19-14)15(11-17)18(3)13-7-5-6-12(2)10-13/h5-10,15H,4,11,17H2,1-3H3. The van der Waals surface area contributed by atoms with E-state index in [1.54, 1.807) is 0 Å². The first-order chi connectivity index (χ1) is 9.15. The summed E-state index contributed by atoms with van der Waals surface area (Å²) in [4.78, 5) is 5.05. The van der Waals surface area contributed by atoms with Gasteiger partial charge in [0.15, 0.2) is 0 Å². The molecular formula is C16H22N2S. The van der Waals surface area contributed by atoms with E-state index in [-0.39, 0.29) is 6.04 Å². The van der Waals surface area contributed by atoms with E-state index in [1.807, 2.05) is 11.3 Å². The molecule has 1 atom stereocenters. The van der Waals surface area contributed by atoms with Gasteiger partial charge >= 0.3 is 0 Å². The second kappa shape index (κ2) is 6.22. The zero-order valence-corrected chi connectivity index (χ0v) is 12.7. The topological polar surface area (TPSA) is 29.3 Å². The molecule has 0 radical (unpaired) electrons. The van der Waals surface area contributed by atoms with Crippen molar-refractivity contribution in [3.05, 3.63) is 51.7 Å². The number of benzene rings is 1. The number of anilines is 1. The molecule has 0 spiro atoms. The minimum atomic E-state index is 0.257. The number of rotatable bonds is 5. The van der Waals surface area contributed by atoms with Gasteiger partial charge in [0.2, 0.25) is 0 Å². The lowest BCUT2D eigenvalue weighted by molar-refractivity contribution is 0.692. The van der Waals surface area contributed by atoms with Crippen molar-refractivity contribution in [2.75, 3.05) is 18.5 Å². The normalized spacial score (nSPS) is 12.4. The SMILES string of the molecule is CCc1ccc(C(CN)N(C)c2cccc(C)c2)s1. The van der Waals surface area contributed by atoms with Gasteiger partial charge in [-0.15, -0.1) is 11.3 Å². The van der Waals surface area contributed by atoms with Gasteiger partial charge in [-0.2, -0.15) is 0 Å². The van der Waals surface area contributed by atoms with E-state index in [2.05, 4.69) is 62.2 Å². The van der Waals surface area contributed by atoms with E-state index in [9.17, 15) is 0 Å². The predicted octanol–water partition coefficient (Wildman–Crippen LogP) is 3.76.